The van der Waals surface area contributed by atoms with E-state index < -0.39 is 0 Å². The fourth-order valence-electron chi connectivity index (χ4n) is 3.23. The number of aliphatic hydroxyl groups is 1. The van der Waals surface area contributed by atoms with Gasteiger partial charge in [0.1, 0.15) is 5.82 Å². The van der Waals surface area contributed by atoms with E-state index in [0.717, 1.165) is 33.4 Å². The van der Waals surface area contributed by atoms with Crippen molar-refractivity contribution in [2.75, 3.05) is 11.9 Å². The Morgan fingerprint density at radius 2 is 2.14 bits per heavy atom. The van der Waals surface area contributed by atoms with Crippen LogP contribution < -0.4 is 5.32 Å². The quantitative estimate of drug-likeness (QED) is 0.440. The van der Waals surface area contributed by atoms with E-state index >= 15 is 0 Å². The predicted octanol–water partition coefficient (Wildman–Crippen LogP) is 4.23. The van der Waals surface area contributed by atoms with Gasteiger partial charge < -0.3 is 10.4 Å². The first-order valence-electron chi connectivity index (χ1n) is 9.44. The molecule has 29 heavy (non-hydrogen) atoms. The molecule has 0 unspecified atom stereocenters. The van der Waals surface area contributed by atoms with Gasteiger partial charge in [-0.05, 0) is 55.0 Å². The van der Waals surface area contributed by atoms with E-state index in [9.17, 15) is 4.39 Å². The Morgan fingerprint density at radius 3 is 2.97 bits per heavy atom. The number of aromatic amines is 1. The molecule has 7 heteroatoms. The van der Waals surface area contributed by atoms with Gasteiger partial charge in [-0.1, -0.05) is 12.1 Å². The molecule has 0 aliphatic carbocycles. The third-order valence-electron chi connectivity index (χ3n) is 4.74. The van der Waals surface area contributed by atoms with Gasteiger partial charge in [0.05, 0.1) is 30.6 Å². The molecule has 0 saturated carbocycles. The highest BCUT2D eigenvalue weighted by Gasteiger charge is 2.09. The summed E-state index contributed by atoms with van der Waals surface area (Å²) in [7, 11) is 0. The van der Waals surface area contributed by atoms with Crippen LogP contribution in [-0.4, -0.2) is 31.7 Å². The first-order valence-corrected chi connectivity index (χ1v) is 9.44. The van der Waals surface area contributed by atoms with Gasteiger partial charge in [-0.25, -0.2) is 4.39 Å². The average molecular weight is 391 g/mol. The standard InChI is InChI=1S/C22H22FN5O/c1-15(17-3-2-4-18(23)11-17)25-19-6-8-22-20(12-19)21(26-27-22)7-5-16-13-24-28(14-16)9-10-29/h2-8,11-15,25,29H,9-10H2,1H3,(H,26,27)/b7-5+/t15-/m1/s1. The number of fused-ring (bicyclic) bond motifs is 1. The molecule has 4 rings (SSSR count). The molecule has 2 aromatic heterocycles. The van der Waals surface area contributed by atoms with Crippen LogP contribution in [0.1, 0.15) is 29.8 Å². The minimum Gasteiger partial charge on any atom is -0.394 e. The Hall–Kier alpha value is -3.45. The molecule has 4 aromatic rings. The number of nitrogens with one attached hydrogen (secondary N) is 2. The summed E-state index contributed by atoms with van der Waals surface area (Å²) in [4.78, 5) is 0. The van der Waals surface area contributed by atoms with E-state index in [1.807, 2.05) is 49.5 Å². The van der Waals surface area contributed by atoms with Crippen LogP contribution >= 0.6 is 0 Å². The molecule has 0 spiro atoms. The van der Waals surface area contributed by atoms with E-state index in [0.29, 0.717) is 6.54 Å². The first-order chi connectivity index (χ1) is 14.1. The van der Waals surface area contributed by atoms with Crippen LogP contribution in [-0.2, 0) is 6.54 Å². The second kappa shape index (κ2) is 8.28. The van der Waals surface area contributed by atoms with Gasteiger partial charge >= 0.3 is 0 Å². The number of H-pyrrole nitrogens is 1. The largest absolute Gasteiger partial charge is 0.394 e. The third kappa shape index (κ3) is 4.35. The summed E-state index contributed by atoms with van der Waals surface area (Å²) < 4.78 is 15.2. The molecule has 6 nitrogen and oxygen atoms in total. The molecular formula is C22H22FN5O. The Morgan fingerprint density at radius 1 is 1.24 bits per heavy atom. The fourth-order valence-corrected chi connectivity index (χ4v) is 3.23. The Balaban J connectivity index is 1.54. The van der Waals surface area contributed by atoms with Gasteiger partial charge in [0.2, 0.25) is 0 Å². The van der Waals surface area contributed by atoms with Crippen molar-refractivity contribution in [3.8, 4) is 0 Å². The Bertz CT molecular complexity index is 1150. The highest BCUT2D eigenvalue weighted by molar-refractivity contribution is 5.91. The highest BCUT2D eigenvalue weighted by atomic mass is 19.1. The van der Waals surface area contributed by atoms with Gasteiger partial charge in [0, 0.05) is 28.9 Å². The van der Waals surface area contributed by atoms with E-state index in [1.165, 1.54) is 6.07 Å². The maximum atomic E-state index is 13.5. The zero-order chi connectivity index (χ0) is 20.2. The molecule has 2 heterocycles. The lowest BCUT2D eigenvalue weighted by atomic mass is 10.1. The molecule has 0 saturated heterocycles. The van der Waals surface area contributed by atoms with E-state index in [2.05, 4.69) is 20.6 Å². The van der Waals surface area contributed by atoms with Crippen LogP contribution in [0.2, 0.25) is 0 Å². The summed E-state index contributed by atoms with van der Waals surface area (Å²) in [5, 5.41) is 25.0. The maximum absolute atomic E-state index is 13.5. The van der Waals surface area contributed by atoms with Crippen molar-refractivity contribution in [2.45, 2.75) is 19.5 Å². The predicted molar refractivity (Wildman–Crippen MR) is 113 cm³/mol. The molecule has 0 bridgehead atoms. The SMILES string of the molecule is C[C@@H](Nc1ccc2[nH]nc(/C=C/c3cnn(CCO)c3)c2c1)c1cccc(F)c1. The lowest BCUT2D eigenvalue weighted by Gasteiger charge is -2.16. The summed E-state index contributed by atoms with van der Waals surface area (Å²) in [6.45, 7) is 2.52. The molecule has 148 valence electrons. The van der Waals surface area contributed by atoms with Crippen molar-refractivity contribution < 1.29 is 9.50 Å². The molecule has 2 aromatic carbocycles. The normalized spacial score (nSPS) is 12.7. The zero-order valence-corrected chi connectivity index (χ0v) is 16.0. The van der Waals surface area contributed by atoms with Crippen molar-refractivity contribution in [3.05, 3.63) is 77.5 Å². The van der Waals surface area contributed by atoms with E-state index in [-0.39, 0.29) is 18.5 Å². The van der Waals surface area contributed by atoms with Crippen molar-refractivity contribution in [1.29, 1.82) is 0 Å². The summed E-state index contributed by atoms with van der Waals surface area (Å²) in [5.74, 6) is -0.240. The minimum atomic E-state index is -0.240. The smallest absolute Gasteiger partial charge is 0.123 e. The number of halogens is 1. The second-order valence-corrected chi connectivity index (χ2v) is 6.88. The number of anilines is 1. The van der Waals surface area contributed by atoms with Gasteiger partial charge in [-0.2, -0.15) is 10.2 Å². The van der Waals surface area contributed by atoms with Gasteiger partial charge in [-0.3, -0.25) is 9.78 Å². The van der Waals surface area contributed by atoms with Crippen molar-refractivity contribution >= 4 is 28.7 Å². The minimum absolute atomic E-state index is 0.0357. The number of hydrogen-bond acceptors (Lipinski definition) is 4. The number of rotatable bonds is 7. The molecular weight excluding hydrogens is 369 g/mol. The lowest BCUT2D eigenvalue weighted by Crippen LogP contribution is -2.06. The molecule has 0 amide bonds. The second-order valence-electron chi connectivity index (χ2n) is 6.88. The molecule has 0 fully saturated rings. The molecule has 0 radical (unpaired) electrons. The van der Waals surface area contributed by atoms with Crippen LogP contribution in [0.25, 0.3) is 23.1 Å². The molecule has 0 aliphatic rings. The van der Waals surface area contributed by atoms with E-state index in [1.54, 1.807) is 23.0 Å². The van der Waals surface area contributed by atoms with Crippen LogP contribution in [0.5, 0.6) is 0 Å². The summed E-state index contributed by atoms with van der Waals surface area (Å²) in [6, 6.07) is 12.5. The number of hydrogen-bond donors (Lipinski definition) is 3. The number of nitrogens with zero attached hydrogens (tertiary/aromatic N) is 3. The number of benzene rings is 2. The van der Waals surface area contributed by atoms with E-state index in [4.69, 9.17) is 5.11 Å². The number of aromatic nitrogens is 4. The third-order valence-corrected chi connectivity index (χ3v) is 4.74. The zero-order valence-electron chi connectivity index (χ0n) is 16.0. The van der Waals surface area contributed by atoms with Crippen LogP contribution in [0, 0.1) is 5.82 Å². The van der Waals surface area contributed by atoms with Gasteiger partial charge in [-0.15, -0.1) is 0 Å². The van der Waals surface area contributed by atoms with Crippen molar-refractivity contribution in [3.63, 3.8) is 0 Å². The fraction of sp³-hybridized carbons (Fsp3) is 0.182. The first kappa shape index (κ1) is 18.9. The average Bonchev–Trinajstić information content (AvgIpc) is 3.33. The van der Waals surface area contributed by atoms with Crippen molar-refractivity contribution in [2.24, 2.45) is 0 Å². The van der Waals surface area contributed by atoms with Gasteiger partial charge in [0.15, 0.2) is 0 Å². The lowest BCUT2D eigenvalue weighted by molar-refractivity contribution is 0.269. The molecule has 0 aliphatic heterocycles. The summed E-state index contributed by atoms with van der Waals surface area (Å²) in [6.07, 6.45) is 7.48. The molecule has 3 N–H and O–H groups in total. The summed E-state index contributed by atoms with van der Waals surface area (Å²) in [5.41, 5.74) is 4.50. The topological polar surface area (TPSA) is 78.8 Å². The monoisotopic (exact) mass is 391 g/mol. The summed E-state index contributed by atoms with van der Waals surface area (Å²) >= 11 is 0. The Kier molecular flexibility index (Phi) is 5.39. The number of aliphatic hydroxyl groups excluding tert-OH is 1. The Labute approximate surface area is 167 Å². The van der Waals surface area contributed by atoms with Crippen LogP contribution in [0.4, 0.5) is 10.1 Å². The maximum Gasteiger partial charge on any atom is 0.123 e. The van der Waals surface area contributed by atoms with Crippen LogP contribution in [0.3, 0.4) is 0 Å². The van der Waals surface area contributed by atoms with Gasteiger partial charge in [0.25, 0.3) is 0 Å². The van der Waals surface area contributed by atoms with Crippen LogP contribution in [0.15, 0.2) is 54.9 Å². The molecule has 1 atom stereocenters. The highest BCUT2D eigenvalue weighted by Crippen LogP contribution is 2.25. The van der Waals surface area contributed by atoms with Crippen molar-refractivity contribution in [1.82, 2.24) is 20.0 Å².